The van der Waals surface area contributed by atoms with Crippen molar-refractivity contribution in [3.8, 4) is 11.5 Å². The Morgan fingerprint density at radius 3 is 2.52 bits per heavy atom. The number of rotatable bonds is 10. The van der Waals surface area contributed by atoms with E-state index in [1.165, 1.54) is 6.08 Å². The summed E-state index contributed by atoms with van der Waals surface area (Å²) in [5, 5.41) is 11.1. The number of carbonyl (C=O) groups excluding carboxylic acids is 1. The summed E-state index contributed by atoms with van der Waals surface area (Å²) >= 11 is 0. The number of benzene rings is 1. The molecule has 0 heterocycles. The standard InChI is InChI=1S/C17H23NO5/c1-3-22-14-9-7-13(12-15(14)23-4-2)8-10-16(19)18-11-5-6-17(20)21/h7-10,12H,3-6,11H2,1-2H3,(H,18,19)(H,20,21)/b10-8+. The average molecular weight is 321 g/mol. The predicted molar refractivity (Wildman–Crippen MR) is 87.7 cm³/mol. The molecule has 0 spiro atoms. The van der Waals surface area contributed by atoms with Crippen LogP contribution in [0.5, 0.6) is 11.5 Å². The second-order valence-corrected chi connectivity index (χ2v) is 4.69. The lowest BCUT2D eigenvalue weighted by Gasteiger charge is -2.11. The van der Waals surface area contributed by atoms with E-state index in [1.54, 1.807) is 12.1 Å². The van der Waals surface area contributed by atoms with Crippen molar-refractivity contribution >= 4 is 18.0 Å². The van der Waals surface area contributed by atoms with Crippen molar-refractivity contribution < 1.29 is 24.2 Å². The molecule has 0 aromatic heterocycles. The Balaban J connectivity index is 2.59. The van der Waals surface area contributed by atoms with E-state index in [2.05, 4.69) is 5.32 Å². The third kappa shape index (κ3) is 7.35. The van der Waals surface area contributed by atoms with Crippen LogP contribution in [-0.4, -0.2) is 36.7 Å². The Labute approximate surface area is 136 Å². The van der Waals surface area contributed by atoms with Crippen LogP contribution in [0.2, 0.25) is 0 Å². The van der Waals surface area contributed by atoms with Gasteiger partial charge in [0, 0.05) is 19.0 Å². The molecule has 1 amide bonds. The Morgan fingerprint density at radius 2 is 1.87 bits per heavy atom. The van der Waals surface area contributed by atoms with E-state index < -0.39 is 5.97 Å². The van der Waals surface area contributed by atoms with Crippen molar-refractivity contribution in [2.75, 3.05) is 19.8 Å². The number of hydrogen-bond donors (Lipinski definition) is 2. The zero-order valence-electron chi connectivity index (χ0n) is 13.5. The normalized spacial score (nSPS) is 10.5. The quantitative estimate of drug-likeness (QED) is 0.511. The number of carboxylic acid groups (broad SMARTS) is 1. The van der Waals surface area contributed by atoms with Gasteiger partial charge in [-0.2, -0.15) is 0 Å². The van der Waals surface area contributed by atoms with Gasteiger partial charge in [0.2, 0.25) is 5.91 Å². The summed E-state index contributed by atoms with van der Waals surface area (Å²) in [5.41, 5.74) is 0.817. The lowest BCUT2D eigenvalue weighted by Crippen LogP contribution is -2.22. The molecule has 6 heteroatoms. The molecule has 0 atom stereocenters. The van der Waals surface area contributed by atoms with Gasteiger partial charge < -0.3 is 19.9 Å². The zero-order chi connectivity index (χ0) is 17.1. The topological polar surface area (TPSA) is 84.9 Å². The van der Waals surface area contributed by atoms with Gasteiger partial charge in [-0.25, -0.2) is 0 Å². The first-order valence-electron chi connectivity index (χ1n) is 7.64. The van der Waals surface area contributed by atoms with E-state index >= 15 is 0 Å². The van der Waals surface area contributed by atoms with Gasteiger partial charge >= 0.3 is 5.97 Å². The summed E-state index contributed by atoms with van der Waals surface area (Å²) in [5.74, 6) is 0.179. The van der Waals surface area contributed by atoms with Crippen molar-refractivity contribution in [2.45, 2.75) is 26.7 Å². The minimum atomic E-state index is -0.868. The predicted octanol–water partition coefficient (Wildman–Crippen LogP) is 2.48. The van der Waals surface area contributed by atoms with Crippen LogP contribution in [0.3, 0.4) is 0 Å². The van der Waals surface area contributed by atoms with E-state index in [1.807, 2.05) is 26.0 Å². The molecule has 23 heavy (non-hydrogen) atoms. The second-order valence-electron chi connectivity index (χ2n) is 4.69. The fourth-order valence-electron chi connectivity index (χ4n) is 1.85. The van der Waals surface area contributed by atoms with Crippen LogP contribution in [-0.2, 0) is 9.59 Å². The molecular formula is C17H23NO5. The second kappa shape index (κ2) is 10.3. The first kappa shape index (κ1) is 18.5. The van der Waals surface area contributed by atoms with E-state index in [4.69, 9.17) is 14.6 Å². The number of ether oxygens (including phenoxy) is 2. The van der Waals surface area contributed by atoms with Crippen LogP contribution in [0.4, 0.5) is 0 Å². The fourth-order valence-corrected chi connectivity index (χ4v) is 1.85. The van der Waals surface area contributed by atoms with Gasteiger partial charge in [-0.05, 0) is 44.0 Å². The van der Waals surface area contributed by atoms with E-state index in [9.17, 15) is 9.59 Å². The van der Waals surface area contributed by atoms with Crippen LogP contribution < -0.4 is 14.8 Å². The van der Waals surface area contributed by atoms with Crippen molar-refractivity contribution in [1.29, 1.82) is 0 Å². The molecule has 0 bridgehead atoms. The van der Waals surface area contributed by atoms with Crippen LogP contribution in [0, 0.1) is 0 Å². The van der Waals surface area contributed by atoms with Gasteiger partial charge in [-0.1, -0.05) is 6.07 Å². The number of carbonyl (C=O) groups is 2. The Bertz CT molecular complexity index is 554. The maximum absolute atomic E-state index is 11.6. The number of nitrogens with one attached hydrogen (secondary N) is 1. The van der Waals surface area contributed by atoms with Gasteiger partial charge in [0.15, 0.2) is 11.5 Å². The molecule has 0 saturated carbocycles. The van der Waals surface area contributed by atoms with Crippen LogP contribution >= 0.6 is 0 Å². The Hall–Kier alpha value is -2.50. The maximum atomic E-state index is 11.6. The summed E-state index contributed by atoms with van der Waals surface area (Å²) in [4.78, 5) is 22.0. The summed E-state index contributed by atoms with van der Waals surface area (Å²) in [7, 11) is 0. The van der Waals surface area contributed by atoms with Crippen molar-refractivity contribution in [3.63, 3.8) is 0 Å². The van der Waals surface area contributed by atoms with E-state index in [0.717, 1.165) is 5.56 Å². The molecule has 0 aliphatic heterocycles. The smallest absolute Gasteiger partial charge is 0.303 e. The number of hydrogen-bond acceptors (Lipinski definition) is 4. The van der Waals surface area contributed by atoms with Gasteiger partial charge in [-0.3, -0.25) is 9.59 Å². The van der Waals surface area contributed by atoms with Crippen LogP contribution in [0.25, 0.3) is 6.08 Å². The number of carboxylic acids is 1. The molecular weight excluding hydrogens is 298 g/mol. The summed E-state index contributed by atoms with van der Waals surface area (Å²) in [6, 6.07) is 5.45. The SMILES string of the molecule is CCOc1ccc(/C=C/C(=O)NCCCC(=O)O)cc1OCC. The highest BCUT2D eigenvalue weighted by Crippen LogP contribution is 2.28. The highest BCUT2D eigenvalue weighted by Gasteiger charge is 2.05. The van der Waals surface area contributed by atoms with Crippen molar-refractivity contribution in [1.82, 2.24) is 5.32 Å². The molecule has 2 N–H and O–H groups in total. The number of aliphatic carboxylic acids is 1. The highest BCUT2D eigenvalue weighted by molar-refractivity contribution is 5.91. The zero-order valence-corrected chi connectivity index (χ0v) is 13.5. The minimum absolute atomic E-state index is 0.0423. The van der Waals surface area contributed by atoms with Gasteiger partial charge in [-0.15, -0.1) is 0 Å². The highest BCUT2D eigenvalue weighted by atomic mass is 16.5. The average Bonchev–Trinajstić information content (AvgIpc) is 2.52. The molecule has 6 nitrogen and oxygen atoms in total. The Kier molecular flexibility index (Phi) is 8.28. The Morgan fingerprint density at radius 1 is 1.17 bits per heavy atom. The van der Waals surface area contributed by atoms with E-state index in [0.29, 0.717) is 37.7 Å². The first-order valence-corrected chi connectivity index (χ1v) is 7.64. The summed E-state index contributed by atoms with van der Waals surface area (Å²) in [6.45, 7) is 5.20. The first-order chi connectivity index (χ1) is 11.1. The number of amides is 1. The molecule has 0 aliphatic carbocycles. The summed E-state index contributed by atoms with van der Waals surface area (Å²) < 4.78 is 11.0. The molecule has 0 unspecified atom stereocenters. The monoisotopic (exact) mass is 321 g/mol. The molecule has 1 aromatic carbocycles. The van der Waals surface area contributed by atoms with Gasteiger partial charge in [0.05, 0.1) is 13.2 Å². The lowest BCUT2D eigenvalue weighted by atomic mass is 10.2. The van der Waals surface area contributed by atoms with Crippen molar-refractivity contribution in [3.05, 3.63) is 29.8 Å². The fraction of sp³-hybridized carbons (Fsp3) is 0.412. The molecule has 0 saturated heterocycles. The van der Waals surface area contributed by atoms with Gasteiger partial charge in [0.25, 0.3) is 0 Å². The largest absolute Gasteiger partial charge is 0.490 e. The molecule has 0 radical (unpaired) electrons. The minimum Gasteiger partial charge on any atom is -0.490 e. The van der Waals surface area contributed by atoms with Crippen LogP contribution in [0.1, 0.15) is 32.3 Å². The third-order valence-corrected chi connectivity index (χ3v) is 2.86. The summed E-state index contributed by atoms with van der Waals surface area (Å²) in [6.07, 6.45) is 3.53. The third-order valence-electron chi connectivity index (χ3n) is 2.86. The van der Waals surface area contributed by atoms with E-state index in [-0.39, 0.29) is 12.3 Å². The molecule has 0 aliphatic rings. The maximum Gasteiger partial charge on any atom is 0.303 e. The molecule has 0 fully saturated rings. The van der Waals surface area contributed by atoms with Crippen molar-refractivity contribution in [2.24, 2.45) is 0 Å². The van der Waals surface area contributed by atoms with Crippen LogP contribution in [0.15, 0.2) is 24.3 Å². The lowest BCUT2D eigenvalue weighted by molar-refractivity contribution is -0.137. The molecule has 126 valence electrons. The molecule has 1 aromatic rings. The molecule has 1 rings (SSSR count). The van der Waals surface area contributed by atoms with Gasteiger partial charge in [0.1, 0.15) is 0 Å².